The zero-order valence-electron chi connectivity index (χ0n) is 16.8. The number of carbonyl (C=O) groups excluding carboxylic acids is 2. The van der Waals surface area contributed by atoms with E-state index in [1.54, 1.807) is 18.2 Å². The Morgan fingerprint density at radius 2 is 1.69 bits per heavy atom. The monoisotopic (exact) mass is 417 g/mol. The van der Waals surface area contributed by atoms with Crippen LogP contribution in [-0.2, 0) is 4.79 Å². The van der Waals surface area contributed by atoms with Gasteiger partial charge in [0.05, 0.1) is 16.3 Å². The van der Waals surface area contributed by atoms with E-state index in [1.165, 1.54) is 18.2 Å². The summed E-state index contributed by atoms with van der Waals surface area (Å²) in [5.74, 6) is -0.953. The molecule has 1 fully saturated rings. The molecule has 2 aromatic carbocycles. The second kappa shape index (κ2) is 8.41. The molecule has 0 unspecified atom stereocenters. The van der Waals surface area contributed by atoms with Crippen LogP contribution in [0, 0.1) is 11.2 Å². The van der Waals surface area contributed by atoms with Crippen LogP contribution in [0.15, 0.2) is 42.5 Å². The van der Waals surface area contributed by atoms with Crippen molar-refractivity contribution in [2.75, 3.05) is 36.4 Å². The molecule has 0 aromatic heterocycles. The number of rotatable bonds is 3. The van der Waals surface area contributed by atoms with Crippen molar-refractivity contribution in [1.29, 1.82) is 0 Å². The summed E-state index contributed by atoms with van der Waals surface area (Å²) >= 11 is 6.45. The molecular weight excluding hydrogens is 393 g/mol. The van der Waals surface area contributed by atoms with Gasteiger partial charge in [-0.3, -0.25) is 9.59 Å². The minimum Gasteiger partial charge on any atom is -0.367 e. The zero-order valence-corrected chi connectivity index (χ0v) is 17.6. The molecule has 0 bridgehead atoms. The van der Waals surface area contributed by atoms with Crippen LogP contribution in [0.1, 0.15) is 31.1 Å². The molecule has 0 atom stereocenters. The van der Waals surface area contributed by atoms with Crippen LogP contribution < -0.4 is 10.2 Å². The fourth-order valence-electron chi connectivity index (χ4n) is 3.31. The van der Waals surface area contributed by atoms with Gasteiger partial charge in [-0.2, -0.15) is 0 Å². The quantitative estimate of drug-likeness (QED) is 0.803. The molecule has 1 aliphatic heterocycles. The Bertz CT molecular complexity index is 919. The molecular formula is C22H25ClFN3O2. The Hall–Kier alpha value is -2.60. The van der Waals surface area contributed by atoms with Crippen molar-refractivity contribution >= 4 is 34.8 Å². The van der Waals surface area contributed by atoms with Crippen molar-refractivity contribution in [1.82, 2.24) is 4.90 Å². The normalized spacial score (nSPS) is 14.7. The number of hydrogen-bond donors (Lipinski definition) is 1. The predicted molar refractivity (Wildman–Crippen MR) is 114 cm³/mol. The Morgan fingerprint density at radius 3 is 2.28 bits per heavy atom. The number of nitrogens with one attached hydrogen (secondary N) is 1. The number of amides is 2. The van der Waals surface area contributed by atoms with Crippen molar-refractivity contribution in [2.45, 2.75) is 20.8 Å². The van der Waals surface area contributed by atoms with E-state index in [2.05, 4.69) is 10.2 Å². The number of carbonyl (C=O) groups is 2. The molecule has 2 amide bonds. The number of anilines is 2. The van der Waals surface area contributed by atoms with E-state index in [0.717, 1.165) is 5.69 Å². The maximum Gasteiger partial charge on any atom is 0.258 e. The van der Waals surface area contributed by atoms with Gasteiger partial charge < -0.3 is 15.1 Å². The molecule has 1 N–H and O–H groups in total. The molecule has 1 heterocycles. The highest BCUT2D eigenvalue weighted by Gasteiger charge is 2.30. The van der Waals surface area contributed by atoms with E-state index in [1.807, 2.05) is 31.7 Å². The van der Waals surface area contributed by atoms with Gasteiger partial charge in [0.15, 0.2) is 0 Å². The summed E-state index contributed by atoms with van der Waals surface area (Å²) in [7, 11) is 0. The molecule has 154 valence electrons. The van der Waals surface area contributed by atoms with Crippen molar-refractivity contribution in [3.05, 3.63) is 58.9 Å². The zero-order chi connectivity index (χ0) is 21.2. The van der Waals surface area contributed by atoms with Crippen LogP contribution in [0.2, 0.25) is 5.02 Å². The maximum atomic E-state index is 13.8. The largest absolute Gasteiger partial charge is 0.367 e. The minimum absolute atomic E-state index is 0.0210. The first-order chi connectivity index (χ1) is 13.7. The average molecular weight is 418 g/mol. The van der Waals surface area contributed by atoms with Gasteiger partial charge in [-0.25, -0.2) is 4.39 Å². The second-order valence-electron chi connectivity index (χ2n) is 8.13. The summed E-state index contributed by atoms with van der Waals surface area (Å²) in [5, 5.41) is 3.17. The lowest BCUT2D eigenvalue weighted by Gasteiger charge is -2.39. The van der Waals surface area contributed by atoms with Crippen molar-refractivity contribution in [3.63, 3.8) is 0 Å². The summed E-state index contributed by atoms with van der Waals surface area (Å²) in [6, 6.07) is 11.0. The van der Waals surface area contributed by atoms with Crippen LogP contribution in [0.3, 0.4) is 0 Å². The summed E-state index contributed by atoms with van der Waals surface area (Å²) in [6.45, 7) is 8.41. The molecule has 29 heavy (non-hydrogen) atoms. The smallest absolute Gasteiger partial charge is 0.258 e. The summed E-state index contributed by atoms with van der Waals surface area (Å²) in [5.41, 5.74) is 0.928. The van der Waals surface area contributed by atoms with E-state index in [4.69, 9.17) is 11.6 Å². The fraction of sp³-hybridized carbons (Fsp3) is 0.364. The Balaban J connectivity index is 1.65. The maximum absolute atomic E-state index is 13.8. The lowest BCUT2D eigenvalue weighted by molar-refractivity contribution is -0.139. The van der Waals surface area contributed by atoms with Gasteiger partial charge in [0, 0.05) is 37.3 Å². The molecule has 0 spiro atoms. The van der Waals surface area contributed by atoms with Gasteiger partial charge in [0.1, 0.15) is 5.82 Å². The first kappa shape index (κ1) is 21.1. The lowest BCUT2D eigenvalue weighted by atomic mass is 9.94. The SMILES string of the molecule is CC(C)(C)C(=O)N1CCN(c2ccc(NC(=O)c3ccccc3F)cc2Cl)CC1. The molecule has 1 aliphatic rings. The third-order valence-electron chi connectivity index (χ3n) is 4.87. The topological polar surface area (TPSA) is 52.7 Å². The first-order valence-corrected chi connectivity index (χ1v) is 9.94. The van der Waals surface area contributed by atoms with Gasteiger partial charge in [-0.15, -0.1) is 0 Å². The highest BCUT2D eigenvalue weighted by atomic mass is 35.5. The molecule has 7 heteroatoms. The Morgan fingerprint density at radius 1 is 1.03 bits per heavy atom. The Kier molecular flexibility index (Phi) is 6.13. The average Bonchev–Trinajstić information content (AvgIpc) is 2.67. The van der Waals surface area contributed by atoms with Crippen LogP contribution in [-0.4, -0.2) is 42.9 Å². The molecule has 5 nitrogen and oxygen atoms in total. The van der Waals surface area contributed by atoms with Gasteiger partial charge in [0.25, 0.3) is 5.91 Å². The number of benzene rings is 2. The molecule has 2 aromatic rings. The first-order valence-electron chi connectivity index (χ1n) is 9.56. The predicted octanol–water partition coefficient (Wildman–Crippen LogP) is 4.43. The van der Waals surface area contributed by atoms with Crippen LogP contribution in [0.5, 0.6) is 0 Å². The van der Waals surface area contributed by atoms with Crippen LogP contribution in [0.25, 0.3) is 0 Å². The van der Waals surface area contributed by atoms with Crippen molar-refractivity contribution < 1.29 is 14.0 Å². The molecule has 1 saturated heterocycles. The highest BCUT2D eigenvalue weighted by Crippen LogP contribution is 2.30. The highest BCUT2D eigenvalue weighted by molar-refractivity contribution is 6.33. The number of halogens is 2. The Labute approximate surface area is 175 Å². The van der Waals surface area contributed by atoms with Gasteiger partial charge >= 0.3 is 0 Å². The standard InChI is InChI=1S/C22H25ClFN3O2/c1-22(2,3)21(29)27-12-10-26(11-13-27)19-9-8-15(14-17(19)23)25-20(28)16-6-4-5-7-18(16)24/h4-9,14H,10-13H2,1-3H3,(H,25,28). The van der Waals surface area contributed by atoms with E-state index in [9.17, 15) is 14.0 Å². The van der Waals surface area contributed by atoms with Crippen molar-refractivity contribution in [2.24, 2.45) is 5.41 Å². The fourth-order valence-corrected chi connectivity index (χ4v) is 3.61. The summed E-state index contributed by atoms with van der Waals surface area (Å²) in [4.78, 5) is 28.7. The summed E-state index contributed by atoms with van der Waals surface area (Å²) in [6.07, 6.45) is 0. The van der Waals surface area contributed by atoms with Gasteiger partial charge in [-0.05, 0) is 30.3 Å². The van der Waals surface area contributed by atoms with E-state index in [0.29, 0.717) is 36.9 Å². The number of hydrogen-bond acceptors (Lipinski definition) is 3. The van der Waals surface area contributed by atoms with Gasteiger partial charge in [-0.1, -0.05) is 44.5 Å². The minimum atomic E-state index is -0.574. The van der Waals surface area contributed by atoms with E-state index >= 15 is 0 Å². The van der Waals surface area contributed by atoms with E-state index in [-0.39, 0.29) is 11.5 Å². The molecule has 0 saturated carbocycles. The summed E-state index contributed by atoms with van der Waals surface area (Å²) < 4.78 is 13.8. The van der Waals surface area contributed by atoms with E-state index < -0.39 is 17.1 Å². The molecule has 0 aliphatic carbocycles. The number of nitrogens with zero attached hydrogens (tertiary/aromatic N) is 2. The van der Waals surface area contributed by atoms with Crippen LogP contribution in [0.4, 0.5) is 15.8 Å². The third-order valence-corrected chi connectivity index (χ3v) is 5.18. The van der Waals surface area contributed by atoms with Crippen molar-refractivity contribution in [3.8, 4) is 0 Å². The third kappa shape index (κ3) is 4.88. The van der Waals surface area contributed by atoms with Crippen LogP contribution >= 0.6 is 11.6 Å². The number of piperazine rings is 1. The van der Waals surface area contributed by atoms with Gasteiger partial charge in [0.2, 0.25) is 5.91 Å². The molecule has 3 rings (SSSR count). The second-order valence-corrected chi connectivity index (χ2v) is 8.54. The molecule has 0 radical (unpaired) electrons. The lowest BCUT2D eigenvalue weighted by Crippen LogP contribution is -2.51.